The van der Waals surface area contributed by atoms with Crippen molar-refractivity contribution in [3.05, 3.63) is 53.7 Å². The second-order valence-corrected chi connectivity index (χ2v) is 4.20. The van der Waals surface area contributed by atoms with Crippen LogP contribution in [0.1, 0.15) is 11.1 Å². The fourth-order valence-electron chi connectivity index (χ4n) is 1.78. The second kappa shape index (κ2) is 6.56. The van der Waals surface area contributed by atoms with Crippen LogP contribution in [0.15, 0.2) is 42.6 Å². The Hall–Kier alpha value is -2.56. The van der Waals surface area contributed by atoms with E-state index >= 15 is 0 Å². The highest BCUT2D eigenvalue weighted by Gasteiger charge is 2.09. The lowest BCUT2D eigenvalue weighted by Crippen LogP contribution is -2.08. The SMILES string of the molecule is COC(=O)Cc1ccccc1COc1cccnc1N. The topological polar surface area (TPSA) is 74.4 Å². The zero-order valence-corrected chi connectivity index (χ0v) is 11.2. The van der Waals surface area contributed by atoms with Crippen LogP contribution in [0.2, 0.25) is 0 Å². The van der Waals surface area contributed by atoms with Crippen molar-refractivity contribution in [2.24, 2.45) is 0 Å². The van der Waals surface area contributed by atoms with Crippen LogP contribution in [-0.4, -0.2) is 18.1 Å². The van der Waals surface area contributed by atoms with Crippen molar-refractivity contribution >= 4 is 11.8 Å². The number of carbonyl (C=O) groups excluding carboxylic acids is 1. The lowest BCUT2D eigenvalue weighted by Gasteiger charge is -2.11. The molecule has 0 unspecified atom stereocenters. The lowest BCUT2D eigenvalue weighted by molar-refractivity contribution is -0.139. The van der Waals surface area contributed by atoms with Crippen LogP contribution in [0, 0.1) is 0 Å². The molecule has 1 heterocycles. The molecule has 20 heavy (non-hydrogen) atoms. The Labute approximate surface area is 117 Å². The molecule has 0 saturated carbocycles. The molecule has 0 spiro atoms. The minimum absolute atomic E-state index is 0.221. The maximum atomic E-state index is 11.4. The van der Waals surface area contributed by atoms with Crippen LogP contribution in [0.25, 0.3) is 0 Å². The number of aromatic nitrogens is 1. The fourth-order valence-corrected chi connectivity index (χ4v) is 1.78. The van der Waals surface area contributed by atoms with E-state index in [0.717, 1.165) is 11.1 Å². The molecule has 1 aromatic carbocycles. The summed E-state index contributed by atoms with van der Waals surface area (Å²) in [5.74, 6) is 0.594. The molecule has 2 aromatic rings. The molecule has 0 fully saturated rings. The van der Waals surface area contributed by atoms with E-state index in [1.807, 2.05) is 24.3 Å². The Balaban J connectivity index is 2.10. The Kier molecular flexibility index (Phi) is 4.55. The van der Waals surface area contributed by atoms with E-state index in [2.05, 4.69) is 9.72 Å². The minimum atomic E-state index is -0.279. The van der Waals surface area contributed by atoms with Gasteiger partial charge in [-0.25, -0.2) is 4.98 Å². The molecule has 0 aliphatic carbocycles. The van der Waals surface area contributed by atoms with Gasteiger partial charge < -0.3 is 15.2 Å². The number of hydrogen-bond donors (Lipinski definition) is 1. The summed E-state index contributed by atoms with van der Waals surface area (Å²) in [6.07, 6.45) is 1.83. The van der Waals surface area contributed by atoms with Crippen LogP contribution in [-0.2, 0) is 22.6 Å². The summed E-state index contributed by atoms with van der Waals surface area (Å²) < 4.78 is 10.3. The molecule has 0 saturated heterocycles. The third-order valence-electron chi connectivity index (χ3n) is 2.86. The van der Waals surface area contributed by atoms with E-state index in [1.165, 1.54) is 7.11 Å². The predicted molar refractivity (Wildman–Crippen MR) is 75.1 cm³/mol. The lowest BCUT2D eigenvalue weighted by atomic mass is 10.1. The normalized spacial score (nSPS) is 10.1. The van der Waals surface area contributed by atoms with E-state index in [-0.39, 0.29) is 12.4 Å². The van der Waals surface area contributed by atoms with Crippen LogP contribution in [0.4, 0.5) is 5.82 Å². The van der Waals surface area contributed by atoms with Crippen LogP contribution in [0.5, 0.6) is 5.75 Å². The Morgan fingerprint density at radius 2 is 1.95 bits per heavy atom. The molecule has 0 amide bonds. The maximum absolute atomic E-state index is 11.4. The Morgan fingerprint density at radius 3 is 2.65 bits per heavy atom. The number of nitrogen functional groups attached to an aromatic ring is 1. The average Bonchev–Trinajstić information content (AvgIpc) is 2.47. The zero-order valence-electron chi connectivity index (χ0n) is 11.2. The van der Waals surface area contributed by atoms with Crippen molar-refractivity contribution < 1.29 is 14.3 Å². The van der Waals surface area contributed by atoms with E-state index in [9.17, 15) is 4.79 Å². The molecule has 1 aromatic heterocycles. The summed E-state index contributed by atoms with van der Waals surface area (Å²) in [5, 5.41) is 0. The number of benzene rings is 1. The fraction of sp³-hybridized carbons (Fsp3) is 0.200. The minimum Gasteiger partial charge on any atom is -0.485 e. The van der Waals surface area contributed by atoms with E-state index in [0.29, 0.717) is 18.2 Å². The summed E-state index contributed by atoms with van der Waals surface area (Å²) >= 11 is 0. The number of anilines is 1. The highest BCUT2D eigenvalue weighted by Crippen LogP contribution is 2.20. The molecule has 5 nitrogen and oxygen atoms in total. The van der Waals surface area contributed by atoms with Gasteiger partial charge in [-0.3, -0.25) is 4.79 Å². The van der Waals surface area contributed by atoms with Gasteiger partial charge in [-0.05, 0) is 23.3 Å². The molecule has 0 radical (unpaired) electrons. The molecule has 0 aliphatic rings. The summed E-state index contributed by atoms with van der Waals surface area (Å²) in [6.45, 7) is 0.322. The molecular formula is C15H16N2O3. The number of hydrogen-bond acceptors (Lipinski definition) is 5. The van der Waals surface area contributed by atoms with Gasteiger partial charge in [-0.15, -0.1) is 0 Å². The molecule has 0 aliphatic heterocycles. The summed E-state index contributed by atoms with van der Waals surface area (Å²) in [5.41, 5.74) is 7.51. The quantitative estimate of drug-likeness (QED) is 0.842. The number of methoxy groups -OCH3 is 1. The van der Waals surface area contributed by atoms with Gasteiger partial charge in [0.15, 0.2) is 11.6 Å². The number of carbonyl (C=O) groups is 1. The van der Waals surface area contributed by atoms with Gasteiger partial charge >= 0.3 is 5.97 Å². The third kappa shape index (κ3) is 3.47. The molecule has 2 rings (SSSR count). The van der Waals surface area contributed by atoms with Gasteiger partial charge in [-0.1, -0.05) is 24.3 Å². The highest BCUT2D eigenvalue weighted by atomic mass is 16.5. The monoisotopic (exact) mass is 272 g/mol. The van der Waals surface area contributed by atoms with Crippen LogP contribution in [0.3, 0.4) is 0 Å². The molecule has 2 N–H and O–H groups in total. The average molecular weight is 272 g/mol. The van der Waals surface area contributed by atoms with Gasteiger partial charge in [-0.2, -0.15) is 0 Å². The standard InChI is InChI=1S/C15H16N2O3/c1-19-14(18)9-11-5-2-3-6-12(11)10-20-13-7-4-8-17-15(13)16/h2-8H,9-10H2,1H3,(H2,16,17). The highest BCUT2D eigenvalue weighted by molar-refractivity contribution is 5.72. The van der Waals surface area contributed by atoms with Crippen LogP contribution >= 0.6 is 0 Å². The van der Waals surface area contributed by atoms with E-state index in [4.69, 9.17) is 10.5 Å². The van der Waals surface area contributed by atoms with Crippen molar-refractivity contribution in [1.82, 2.24) is 4.98 Å². The molecule has 0 bridgehead atoms. The maximum Gasteiger partial charge on any atom is 0.309 e. The van der Waals surface area contributed by atoms with Crippen molar-refractivity contribution in [1.29, 1.82) is 0 Å². The largest absolute Gasteiger partial charge is 0.485 e. The number of rotatable bonds is 5. The Bertz CT molecular complexity index is 599. The van der Waals surface area contributed by atoms with Gasteiger partial charge in [0.2, 0.25) is 0 Å². The predicted octanol–water partition coefficient (Wildman–Crippen LogP) is 1.96. The number of nitrogens with two attached hydrogens (primary N) is 1. The van der Waals surface area contributed by atoms with Gasteiger partial charge in [0.25, 0.3) is 0 Å². The smallest absolute Gasteiger partial charge is 0.309 e. The number of esters is 1. The first-order valence-corrected chi connectivity index (χ1v) is 6.17. The first-order chi connectivity index (χ1) is 9.70. The molecule has 0 atom stereocenters. The van der Waals surface area contributed by atoms with Gasteiger partial charge in [0, 0.05) is 6.20 Å². The van der Waals surface area contributed by atoms with Crippen molar-refractivity contribution in [3.63, 3.8) is 0 Å². The third-order valence-corrected chi connectivity index (χ3v) is 2.86. The molecule has 5 heteroatoms. The zero-order chi connectivity index (χ0) is 14.4. The first-order valence-electron chi connectivity index (χ1n) is 6.17. The second-order valence-electron chi connectivity index (χ2n) is 4.20. The summed E-state index contributed by atoms with van der Waals surface area (Å²) in [4.78, 5) is 15.3. The van der Waals surface area contributed by atoms with E-state index in [1.54, 1.807) is 18.3 Å². The van der Waals surface area contributed by atoms with Gasteiger partial charge in [0.1, 0.15) is 6.61 Å². The summed E-state index contributed by atoms with van der Waals surface area (Å²) in [7, 11) is 1.37. The number of nitrogens with zero attached hydrogens (tertiary/aromatic N) is 1. The van der Waals surface area contributed by atoms with Gasteiger partial charge in [0.05, 0.1) is 13.5 Å². The number of ether oxygens (including phenoxy) is 2. The number of pyridine rings is 1. The van der Waals surface area contributed by atoms with E-state index < -0.39 is 0 Å². The van der Waals surface area contributed by atoms with Crippen molar-refractivity contribution in [2.75, 3.05) is 12.8 Å². The first kappa shape index (κ1) is 13.9. The Morgan fingerprint density at radius 1 is 1.20 bits per heavy atom. The summed E-state index contributed by atoms with van der Waals surface area (Å²) in [6, 6.07) is 11.1. The molecular weight excluding hydrogens is 256 g/mol. The van der Waals surface area contributed by atoms with Crippen molar-refractivity contribution in [3.8, 4) is 5.75 Å². The van der Waals surface area contributed by atoms with Crippen molar-refractivity contribution in [2.45, 2.75) is 13.0 Å². The molecule has 104 valence electrons. The van der Waals surface area contributed by atoms with Crippen LogP contribution < -0.4 is 10.5 Å².